The predicted molar refractivity (Wildman–Crippen MR) is 81.2 cm³/mol. The van der Waals surface area contributed by atoms with Gasteiger partial charge in [0.05, 0.1) is 11.9 Å². The molecule has 0 aromatic heterocycles. The third-order valence-corrected chi connectivity index (χ3v) is 3.90. The smallest absolute Gasteiger partial charge is 0.232 e. The molecule has 0 spiro atoms. The lowest BCUT2D eigenvalue weighted by Crippen LogP contribution is -2.34. The molecule has 1 rings (SSSR count). The highest BCUT2D eigenvalue weighted by Gasteiger charge is 2.18. The summed E-state index contributed by atoms with van der Waals surface area (Å²) < 4.78 is 24.9. The number of anilines is 1. The van der Waals surface area contributed by atoms with Gasteiger partial charge in [-0.25, -0.2) is 8.42 Å². The SMILES string of the molecule is C=CCNC(=O)CCN(c1ccc(C)cc1)S(C)(=O)=O. The van der Waals surface area contributed by atoms with Crippen LogP contribution in [0.3, 0.4) is 0 Å². The average molecular weight is 296 g/mol. The Morgan fingerprint density at radius 2 is 1.95 bits per heavy atom. The lowest BCUT2D eigenvalue weighted by molar-refractivity contribution is -0.120. The zero-order chi connectivity index (χ0) is 15.2. The van der Waals surface area contributed by atoms with Crippen LogP contribution in [-0.2, 0) is 14.8 Å². The zero-order valence-corrected chi connectivity index (χ0v) is 12.6. The summed E-state index contributed by atoms with van der Waals surface area (Å²) in [7, 11) is -3.41. The first-order valence-corrected chi connectivity index (χ1v) is 8.11. The van der Waals surface area contributed by atoms with E-state index in [-0.39, 0.29) is 18.9 Å². The minimum atomic E-state index is -3.41. The maximum Gasteiger partial charge on any atom is 0.232 e. The van der Waals surface area contributed by atoms with E-state index in [1.165, 1.54) is 4.31 Å². The molecule has 5 nitrogen and oxygen atoms in total. The molecule has 1 N–H and O–H groups in total. The molecule has 0 aliphatic carbocycles. The maximum atomic E-state index is 11.8. The van der Waals surface area contributed by atoms with Crippen LogP contribution < -0.4 is 9.62 Å². The van der Waals surface area contributed by atoms with E-state index in [0.717, 1.165) is 11.8 Å². The maximum absolute atomic E-state index is 11.8. The van der Waals surface area contributed by atoms with Crippen molar-refractivity contribution in [3.63, 3.8) is 0 Å². The second-order valence-electron chi connectivity index (χ2n) is 4.51. The zero-order valence-electron chi connectivity index (χ0n) is 11.8. The molecule has 1 aromatic rings. The molecule has 1 aromatic carbocycles. The van der Waals surface area contributed by atoms with Gasteiger partial charge in [-0.2, -0.15) is 0 Å². The van der Waals surface area contributed by atoms with Crippen LogP contribution in [-0.4, -0.2) is 33.7 Å². The van der Waals surface area contributed by atoms with E-state index in [4.69, 9.17) is 0 Å². The summed E-state index contributed by atoms with van der Waals surface area (Å²) in [5.41, 5.74) is 1.61. The van der Waals surface area contributed by atoms with Crippen molar-refractivity contribution >= 4 is 21.6 Å². The molecule has 0 heterocycles. The predicted octanol–water partition coefficient (Wildman–Crippen LogP) is 1.45. The number of hydrogen-bond donors (Lipinski definition) is 1. The van der Waals surface area contributed by atoms with Gasteiger partial charge in [-0.3, -0.25) is 9.10 Å². The molecule has 0 aliphatic heterocycles. The van der Waals surface area contributed by atoms with Gasteiger partial charge >= 0.3 is 0 Å². The van der Waals surface area contributed by atoms with Crippen molar-refractivity contribution in [2.24, 2.45) is 0 Å². The van der Waals surface area contributed by atoms with E-state index >= 15 is 0 Å². The number of aryl methyl sites for hydroxylation is 1. The fourth-order valence-electron chi connectivity index (χ4n) is 1.67. The van der Waals surface area contributed by atoms with Crippen LogP contribution in [0.5, 0.6) is 0 Å². The van der Waals surface area contributed by atoms with Gasteiger partial charge in [-0.15, -0.1) is 6.58 Å². The number of carbonyl (C=O) groups excluding carboxylic acids is 1. The van der Waals surface area contributed by atoms with Gasteiger partial charge in [-0.1, -0.05) is 23.8 Å². The third-order valence-electron chi connectivity index (χ3n) is 2.71. The van der Waals surface area contributed by atoms with E-state index in [1.807, 2.05) is 19.1 Å². The van der Waals surface area contributed by atoms with Crippen LogP contribution in [0.2, 0.25) is 0 Å². The van der Waals surface area contributed by atoms with Gasteiger partial charge in [0.15, 0.2) is 0 Å². The van der Waals surface area contributed by atoms with Gasteiger partial charge in [0.1, 0.15) is 0 Å². The lowest BCUT2D eigenvalue weighted by Gasteiger charge is -2.22. The molecule has 0 fully saturated rings. The Balaban J connectivity index is 2.79. The van der Waals surface area contributed by atoms with Crippen molar-refractivity contribution in [1.29, 1.82) is 0 Å². The number of nitrogens with zero attached hydrogens (tertiary/aromatic N) is 1. The molecule has 0 bridgehead atoms. The molecule has 0 saturated carbocycles. The van der Waals surface area contributed by atoms with E-state index in [1.54, 1.807) is 18.2 Å². The highest BCUT2D eigenvalue weighted by Crippen LogP contribution is 2.18. The number of hydrogen-bond acceptors (Lipinski definition) is 3. The summed E-state index contributed by atoms with van der Waals surface area (Å²) in [5, 5.41) is 2.62. The van der Waals surface area contributed by atoms with Gasteiger partial charge in [0, 0.05) is 19.5 Å². The fraction of sp³-hybridized carbons (Fsp3) is 0.357. The van der Waals surface area contributed by atoms with Crippen LogP contribution in [0.1, 0.15) is 12.0 Å². The lowest BCUT2D eigenvalue weighted by atomic mass is 10.2. The van der Waals surface area contributed by atoms with E-state index in [0.29, 0.717) is 12.2 Å². The summed E-state index contributed by atoms with van der Waals surface area (Å²) in [6.07, 6.45) is 2.81. The number of nitrogens with one attached hydrogen (secondary N) is 1. The first kappa shape index (κ1) is 16.2. The fourth-order valence-corrected chi connectivity index (χ4v) is 2.60. The van der Waals surface area contributed by atoms with Crippen LogP contribution in [0.15, 0.2) is 36.9 Å². The Bertz CT molecular complexity index is 565. The Morgan fingerprint density at radius 3 is 2.45 bits per heavy atom. The molecule has 20 heavy (non-hydrogen) atoms. The quantitative estimate of drug-likeness (QED) is 0.775. The molecule has 0 saturated heterocycles. The Morgan fingerprint density at radius 1 is 1.35 bits per heavy atom. The minimum Gasteiger partial charge on any atom is -0.353 e. The molecule has 6 heteroatoms. The first-order valence-electron chi connectivity index (χ1n) is 6.26. The van der Waals surface area contributed by atoms with Crippen molar-refractivity contribution < 1.29 is 13.2 Å². The van der Waals surface area contributed by atoms with E-state index in [9.17, 15) is 13.2 Å². The monoisotopic (exact) mass is 296 g/mol. The van der Waals surface area contributed by atoms with Crippen LogP contribution in [0, 0.1) is 6.92 Å². The highest BCUT2D eigenvalue weighted by molar-refractivity contribution is 7.92. The molecule has 0 radical (unpaired) electrons. The van der Waals surface area contributed by atoms with Crippen LogP contribution in [0.25, 0.3) is 0 Å². The van der Waals surface area contributed by atoms with Crippen molar-refractivity contribution in [2.75, 3.05) is 23.7 Å². The highest BCUT2D eigenvalue weighted by atomic mass is 32.2. The first-order chi connectivity index (χ1) is 9.34. The number of carbonyl (C=O) groups is 1. The number of sulfonamides is 1. The molecular formula is C14H20N2O3S. The summed E-state index contributed by atoms with van der Waals surface area (Å²) >= 11 is 0. The van der Waals surface area contributed by atoms with E-state index < -0.39 is 10.0 Å². The van der Waals surface area contributed by atoms with Crippen molar-refractivity contribution in [3.05, 3.63) is 42.5 Å². The van der Waals surface area contributed by atoms with Gasteiger partial charge in [0.2, 0.25) is 15.9 Å². The summed E-state index contributed by atoms with van der Waals surface area (Å²) in [6.45, 7) is 5.92. The second-order valence-corrected chi connectivity index (χ2v) is 6.42. The van der Waals surface area contributed by atoms with Gasteiger partial charge < -0.3 is 5.32 Å². The van der Waals surface area contributed by atoms with Gasteiger partial charge in [0.25, 0.3) is 0 Å². The third kappa shape index (κ3) is 5.05. The van der Waals surface area contributed by atoms with Crippen molar-refractivity contribution in [3.8, 4) is 0 Å². The number of amides is 1. The topological polar surface area (TPSA) is 66.5 Å². The number of benzene rings is 1. The van der Waals surface area contributed by atoms with E-state index in [2.05, 4.69) is 11.9 Å². The van der Waals surface area contributed by atoms with Crippen LogP contribution >= 0.6 is 0 Å². The van der Waals surface area contributed by atoms with Crippen molar-refractivity contribution in [1.82, 2.24) is 5.32 Å². The summed E-state index contributed by atoms with van der Waals surface area (Å²) in [5.74, 6) is -0.203. The molecule has 0 atom stereocenters. The Kier molecular flexibility index (Phi) is 5.76. The summed E-state index contributed by atoms with van der Waals surface area (Å²) in [6, 6.07) is 7.15. The van der Waals surface area contributed by atoms with Gasteiger partial charge in [-0.05, 0) is 19.1 Å². The standard InChI is InChI=1S/C14H20N2O3S/c1-4-10-15-14(17)9-11-16(20(3,18)19)13-7-5-12(2)6-8-13/h4-8H,1,9-11H2,2-3H3,(H,15,17). The minimum absolute atomic E-state index is 0.106. The molecular weight excluding hydrogens is 276 g/mol. The number of rotatable bonds is 7. The molecule has 1 amide bonds. The normalized spacial score (nSPS) is 10.9. The second kappa shape index (κ2) is 7.09. The average Bonchev–Trinajstić information content (AvgIpc) is 2.37. The molecule has 0 unspecified atom stereocenters. The summed E-state index contributed by atoms with van der Waals surface area (Å²) in [4.78, 5) is 11.5. The Labute approximate surface area is 120 Å². The molecule has 110 valence electrons. The Hall–Kier alpha value is -1.82. The van der Waals surface area contributed by atoms with Crippen molar-refractivity contribution in [2.45, 2.75) is 13.3 Å². The largest absolute Gasteiger partial charge is 0.353 e. The molecule has 0 aliphatic rings. The van der Waals surface area contributed by atoms with Crippen LogP contribution in [0.4, 0.5) is 5.69 Å².